The largest absolute Gasteiger partial charge is 0.490 e. The van der Waals surface area contributed by atoms with Crippen LogP contribution in [0.2, 0.25) is 5.02 Å². The summed E-state index contributed by atoms with van der Waals surface area (Å²) in [7, 11) is 1.76. The number of nitrogens with one attached hydrogen (secondary N) is 3. The van der Waals surface area contributed by atoms with E-state index >= 15 is 0 Å². The number of aryl methyl sites for hydroxylation is 2. The number of fused-ring (bicyclic) bond motifs is 4. The Morgan fingerprint density at radius 3 is 2.33 bits per heavy atom. The van der Waals surface area contributed by atoms with E-state index in [1.165, 1.54) is 4.88 Å². The molecule has 0 radical (unpaired) electrons. The third-order valence-corrected chi connectivity index (χ3v) is 16.9. The number of halogens is 1. The molecule has 1 saturated heterocycles. The zero-order valence-electron chi connectivity index (χ0n) is 43.5. The van der Waals surface area contributed by atoms with E-state index in [9.17, 15) is 14.4 Å². The Kier molecular flexibility index (Phi) is 18.4. The van der Waals surface area contributed by atoms with Crippen LogP contribution in [0.1, 0.15) is 109 Å². The Labute approximate surface area is 452 Å². The standard InChI is InChI=1S/C56H68ClN9O7S2/c1-34-36(3)75-56-48(34)50(40-17-20-41(57)21-18-40)60-43(52-64-63-37(4)66(52)56)32-47(67)59-23-25-70-26-27-71-28-29-72-30-31-73-46-22-19-38-12-9-10-15-42(38)49(46)44-33-74-54(61-44)45-16-11-24-65(45)55(69)51(39-13-7-6-8-14-39)62-53(68)35(2)58-5/h9-10,12,15,17-22,33,35,39,43,45,51,58H,6-8,11,13-14,16,23-32H2,1-5H3,(H,59,67)(H,62,68)/t35-,43-,45?,51-/m0/s1. The van der Waals surface area contributed by atoms with Gasteiger partial charge in [0.15, 0.2) is 5.82 Å². The summed E-state index contributed by atoms with van der Waals surface area (Å²) < 4.78 is 25.8. The molecule has 19 heteroatoms. The summed E-state index contributed by atoms with van der Waals surface area (Å²) in [5.41, 5.74) is 5.58. The second-order valence-corrected chi connectivity index (χ2v) is 22.0. The highest BCUT2D eigenvalue weighted by atomic mass is 35.5. The van der Waals surface area contributed by atoms with E-state index in [1.54, 1.807) is 29.7 Å². The van der Waals surface area contributed by atoms with Gasteiger partial charge in [0.1, 0.15) is 40.3 Å². The summed E-state index contributed by atoms with van der Waals surface area (Å²) in [6, 6.07) is 18.2. The Hall–Kier alpha value is -5.60. The normalized spacial score (nSPS) is 17.5. The third-order valence-electron chi connectivity index (χ3n) is 14.5. The third kappa shape index (κ3) is 12.7. The van der Waals surface area contributed by atoms with Crippen molar-refractivity contribution >= 4 is 68.5 Å². The van der Waals surface area contributed by atoms with Crippen LogP contribution in [-0.2, 0) is 28.6 Å². The van der Waals surface area contributed by atoms with E-state index in [1.807, 2.05) is 65.8 Å². The van der Waals surface area contributed by atoms with Crippen LogP contribution in [-0.4, -0.2) is 127 Å². The summed E-state index contributed by atoms with van der Waals surface area (Å²) in [5, 5.41) is 24.7. The Morgan fingerprint density at radius 1 is 0.840 bits per heavy atom. The van der Waals surface area contributed by atoms with Gasteiger partial charge in [-0.2, -0.15) is 0 Å². The fraction of sp³-hybridized carbons (Fsp3) is 0.482. The zero-order valence-corrected chi connectivity index (χ0v) is 45.9. The highest BCUT2D eigenvalue weighted by molar-refractivity contribution is 7.15. The number of amides is 3. The average Bonchev–Trinajstić information content (AvgIpc) is 4.24. The summed E-state index contributed by atoms with van der Waals surface area (Å²) in [5.74, 6) is 1.89. The van der Waals surface area contributed by atoms with Crippen molar-refractivity contribution in [2.75, 3.05) is 66.4 Å². The van der Waals surface area contributed by atoms with Crippen LogP contribution < -0.4 is 20.7 Å². The maximum absolute atomic E-state index is 14.4. The van der Waals surface area contributed by atoms with Crippen LogP contribution in [0.4, 0.5) is 0 Å². The number of carbonyl (C=O) groups is 3. The van der Waals surface area contributed by atoms with Crippen LogP contribution >= 0.6 is 34.3 Å². The molecule has 2 fully saturated rings. The van der Waals surface area contributed by atoms with E-state index in [0.717, 1.165) is 105 Å². The van der Waals surface area contributed by atoms with E-state index in [-0.39, 0.29) is 36.1 Å². The summed E-state index contributed by atoms with van der Waals surface area (Å²) in [6.45, 7) is 11.5. The second kappa shape index (κ2) is 25.5. The Bertz CT molecular complexity index is 2970. The molecular weight excluding hydrogens is 1010 g/mol. The lowest BCUT2D eigenvalue weighted by Crippen LogP contribution is -2.55. The van der Waals surface area contributed by atoms with Gasteiger partial charge in [-0.25, -0.2) is 4.98 Å². The van der Waals surface area contributed by atoms with Crippen molar-refractivity contribution in [3.8, 4) is 22.0 Å². The van der Waals surface area contributed by atoms with Gasteiger partial charge in [0, 0.05) is 39.5 Å². The number of benzene rings is 3. The number of likely N-dealkylation sites (N-methyl/N-ethyl adjacent to an activating group) is 1. The minimum Gasteiger partial charge on any atom is -0.490 e. The van der Waals surface area contributed by atoms with Crippen molar-refractivity contribution in [3.05, 3.63) is 109 Å². The maximum atomic E-state index is 14.4. The number of nitrogens with zero attached hydrogens (tertiary/aromatic N) is 6. The number of likely N-dealkylation sites (tertiary alicyclic amines) is 1. The SMILES string of the molecule is CN[C@@H](C)C(=O)N[C@H](C(=O)N1CCCC1c1nc(-c2c(OCCOCCOCCOCCNC(=O)C[C@@H]3N=C(c4ccc(Cl)cc4)c4c(sc(C)c4C)-n4c(C)nnc43)ccc3ccccc23)cs1)C1CCCCC1. The molecule has 2 aliphatic heterocycles. The number of hydrogen-bond acceptors (Lipinski definition) is 14. The fourth-order valence-corrected chi connectivity index (χ4v) is 12.6. The second-order valence-electron chi connectivity index (χ2n) is 19.5. The molecule has 3 N–H and O–H groups in total. The van der Waals surface area contributed by atoms with Gasteiger partial charge in [-0.05, 0) is 101 Å². The molecule has 3 aromatic carbocycles. The molecule has 398 valence electrons. The van der Waals surface area contributed by atoms with E-state index in [2.05, 4.69) is 63.6 Å². The molecule has 3 aromatic heterocycles. The lowest BCUT2D eigenvalue weighted by molar-refractivity contribution is -0.139. The van der Waals surface area contributed by atoms with Crippen LogP contribution in [0.25, 0.3) is 27.0 Å². The number of rotatable bonds is 23. The van der Waals surface area contributed by atoms with E-state index in [4.69, 9.17) is 40.5 Å². The molecule has 1 unspecified atom stereocenters. The number of carbonyl (C=O) groups excluding carboxylic acids is 3. The summed E-state index contributed by atoms with van der Waals surface area (Å²) in [6.07, 6.45) is 6.98. The first-order valence-corrected chi connectivity index (χ1v) is 28.3. The molecule has 16 nitrogen and oxygen atoms in total. The van der Waals surface area contributed by atoms with Crippen LogP contribution in [0.3, 0.4) is 0 Å². The maximum Gasteiger partial charge on any atom is 0.246 e. The van der Waals surface area contributed by atoms with Crippen molar-refractivity contribution in [1.82, 2.24) is 40.6 Å². The quantitative estimate of drug-likeness (QED) is 0.0521. The Balaban J connectivity index is 0.716. The topological polar surface area (TPSA) is 183 Å². The van der Waals surface area contributed by atoms with Gasteiger partial charge in [-0.3, -0.25) is 23.9 Å². The first kappa shape index (κ1) is 54.2. The van der Waals surface area contributed by atoms with Crippen LogP contribution in [0.15, 0.2) is 71.0 Å². The van der Waals surface area contributed by atoms with E-state index in [0.29, 0.717) is 75.9 Å². The van der Waals surface area contributed by atoms with Gasteiger partial charge in [-0.15, -0.1) is 32.9 Å². The van der Waals surface area contributed by atoms with Crippen molar-refractivity contribution in [3.63, 3.8) is 0 Å². The van der Waals surface area contributed by atoms with Crippen LogP contribution in [0, 0.1) is 26.7 Å². The number of aromatic nitrogens is 4. The number of aliphatic imine (C=N–C) groups is 1. The predicted molar refractivity (Wildman–Crippen MR) is 295 cm³/mol. The average molecular weight is 1080 g/mol. The Morgan fingerprint density at radius 2 is 1.57 bits per heavy atom. The molecule has 6 aromatic rings. The molecule has 3 amide bonds. The first-order valence-electron chi connectivity index (χ1n) is 26.3. The highest BCUT2D eigenvalue weighted by Gasteiger charge is 2.40. The number of hydrogen-bond donors (Lipinski definition) is 3. The molecule has 1 saturated carbocycles. The molecule has 5 heterocycles. The summed E-state index contributed by atoms with van der Waals surface area (Å²) >= 11 is 9.50. The minimum atomic E-state index is -0.553. The van der Waals surface area contributed by atoms with Crippen LogP contribution in [0.5, 0.6) is 5.75 Å². The monoisotopic (exact) mass is 1080 g/mol. The van der Waals surface area contributed by atoms with Crippen molar-refractivity contribution < 1.29 is 33.3 Å². The number of ether oxygens (including phenoxy) is 4. The zero-order chi connectivity index (χ0) is 52.4. The number of thiophene rings is 1. The molecular formula is C56H68ClN9O7S2. The molecule has 0 bridgehead atoms. The molecule has 4 atom stereocenters. The van der Waals surface area contributed by atoms with Gasteiger partial charge in [0.25, 0.3) is 0 Å². The lowest BCUT2D eigenvalue weighted by atomic mass is 9.83. The van der Waals surface area contributed by atoms with Crippen molar-refractivity contribution in [2.24, 2.45) is 10.9 Å². The molecule has 75 heavy (non-hydrogen) atoms. The fourth-order valence-electron chi connectivity index (χ4n) is 10.3. The molecule has 0 spiro atoms. The van der Waals surface area contributed by atoms with Gasteiger partial charge >= 0.3 is 0 Å². The smallest absolute Gasteiger partial charge is 0.246 e. The lowest BCUT2D eigenvalue weighted by Gasteiger charge is -2.35. The minimum absolute atomic E-state index is 0.00177. The predicted octanol–water partition coefficient (Wildman–Crippen LogP) is 9.05. The molecule has 3 aliphatic rings. The van der Waals surface area contributed by atoms with Gasteiger partial charge in [0.2, 0.25) is 17.7 Å². The molecule has 9 rings (SSSR count). The van der Waals surface area contributed by atoms with Crippen molar-refractivity contribution in [2.45, 2.75) is 103 Å². The van der Waals surface area contributed by atoms with Gasteiger partial charge < -0.3 is 39.8 Å². The number of thiazole rings is 1. The highest BCUT2D eigenvalue weighted by Crippen LogP contribution is 2.43. The van der Waals surface area contributed by atoms with Gasteiger partial charge in [0.05, 0.1) is 75.1 Å². The van der Waals surface area contributed by atoms with Gasteiger partial charge in [-0.1, -0.05) is 73.3 Å². The molecule has 1 aliphatic carbocycles. The first-order chi connectivity index (χ1) is 36.5. The van der Waals surface area contributed by atoms with Crippen molar-refractivity contribution in [1.29, 1.82) is 0 Å². The van der Waals surface area contributed by atoms with E-state index < -0.39 is 18.1 Å². The summed E-state index contributed by atoms with van der Waals surface area (Å²) in [4.78, 5) is 54.5.